The summed E-state index contributed by atoms with van der Waals surface area (Å²) >= 11 is 0. The van der Waals surface area contributed by atoms with Crippen molar-refractivity contribution in [1.82, 2.24) is 5.32 Å². The van der Waals surface area contributed by atoms with Gasteiger partial charge in [-0.2, -0.15) is 0 Å². The standard InChI is InChI=1S/C18H21NO4/c1-18(2,3)23-17(22)19-11-15(16(20)21)14-9-8-12-6-4-5-7-13(12)10-14/h4-10,15H,11H2,1-3H3,(H,19,22)(H,20,21). The molecule has 0 radical (unpaired) electrons. The fourth-order valence-corrected chi connectivity index (χ4v) is 2.27. The fourth-order valence-electron chi connectivity index (χ4n) is 2.27. The van der Waals surface area contributed by atoms with Gasteiger partial charge in [0.1, 0.15) is 5.60 Å². The van der Waals surface area contributed by atoms with Crippen LogP contribution in [0.2, 0.25) is 0 Å². The van der Waals surface area contributed by atoms with E-state index in [0.717, 1.165) is 10.8 Å². The van der Waals surface area contributed by atoms with Crippen LogP contribution < -0.4 is 5.32 Å². The van der Waals surface area contributed by atoms with Crippen LogP contribution in [0, 0.1) is 0 Å². The minimum absolute atomic E-state index is 0.0252. The van der Waals surface area contributed by atoms with Crippen LogP contribution in [-0.4, -0.2) is 29.3 Å². The van der Waals surface area contributed by atoms with E-state index in [9.17, 15) is 14.7 Å². The Morgan fingerprint density at radius 2 is 1.78 bits per heavy atom. The van der Waals surface area contributed by atoms with Crippen LogP contribution in [0.4, 0.5) is 4.79 Å². The molecule has 0 fully saturated rings. The van der Waals surface area contributed by atoms with Gasteiger partial charge in [0.05, 0.1) is 5.92 Å². The summed E-state index contributed by atoms with van der Waals surface area (Å²) in [6.07, 6.45) is -0.621. The summed E-state index contributed by atoms with van der Waals surface area (Å²) in [6.45, 7) is 5.24. The van der Waals surface area contributed by atoms with E-state index in [-0.39, 0.29) is 6.54 Å². The lowest BCUT2D eigenvalue weighted by Crippen LogP contribution is -2.36. The molecule has 2 aromatic carbocycles. The van der Waals surface area contributed by atoms with Crippen LogP contribution in [0.1, 0.15) is 32.3 Å². The summed E-state index contributed by atoms with van der Waals surface area (Å²) in [7, 11) is 0. The van der Waals surface area contributed by atoms with Gasteiger partial charge in [-0.25, -0.2) is 4.79 Å². The van der Waals surface area contributed by atoms with Gasteiger partial charge >= 0.3 is 12.1 Å². The van der Waals surface area contributed by atoms with Crippen molar-refractivity contribution in [2.75, 3.05) is 6.54 Å². The Kier molecular flexibility index (Phi) is 4.89. The van der Waals surface area contributed by atoms with Gasteiger partial charge in [-0.15, -0.1) is 0 Å². The molecule has 0 heterocycles. The van der Waals surface area contributed by atoms with Gasteiger partial charge in [0.15, 0.2) is 0 Å². The summed E-state index contributed by atoms with van der Waals surface area (Å²) < 4.78 is 5.13. The Morgan fingerprint density at radius 3 is 2.39 bits per heavy atom. The van der Waals surface area contributed by atoms with Crippen molar-refractivity contribution in [2.24, 2.45) is 0 Å². The van der Waals surface area contributed by atoms with E-state index in [1.165, 1.54) is 0 Å². The van der Waals surface area contributed by atoms with Crippen molar-refractivity contribution in [1.29, 1.82) is 0 Å². The zero-order valence-corrected chi connectivity index (χ0v) is 13.5. The molecule has 5 nitrogen and oxygen atoms in total. The number of alkyl carbamates (subject to hydrolysis) is 1. The maximum Gasteiger partial charge on any atom is 0.407 e. The summed E-state index contributed by atoms with van der Waals surface area (Å²) in [5.41, 5.74) is 0.0263. The first-order chi connectivity index (χ1) is 10.8. The third kappa shape index (κ3) is 4.71. The SMILES string of the molecule is CC(C)(C)OC(=O)NCC(C(=O)O)c1ccc2ccccc2c1. The molecule has 1 amide bonds. The molecule has 0 spiro atoms. The van der Waals surface area contributed by atoms with E-state index in [0.29, 0.717) is 5.56 Å². The molecule has 0 aliphatic carbocycles. The molecule has 0 aliphatic heterocycles. The average molecular weight is 315 g/mol. The van der Waals surface area contributed by atoms with Gasteiger partial charge in [-0.1, -0.05) is 42.5 Å². The Labute approximate surface area is 135 Å². The van der Waals surface area contributed by atoms with Crippen molar-refractivity contribution in [3.63, 3.8) is 0 Å². The number of hydrogen-bond donors (Lipinski definition) is 2. The topological polar surface area (TPSA) is 75.6 Å². The zero-order chi connectivity index (χ0) is 17.0. The lowest BCUT2D eigenvalue weighted by atomic mass is 9.96. The highest BCUT2D eigenvalue weighted by atomic mass is 16.6. The summed E-state index contributed by atoms with van der Waals surface area (Å²) in [6, 6.07) is 13.2. The molecule has 0 aromatic heterocycles. The van der Waals surface area contributed by atoms with E-state index in [1.54, 1.807) is 26.8 Å². The second-order valence-electron chi connectivity index (χ2n) is 6.38. The molecular weight excluding hydrogens is 294 g/mol. The van der Waals surface area contributed by atoms with Crippen LogP contribution in [0.15, 0.2) is 42.5 Å². The van der Waals surface area contributed by atoms with E-state index in [1.807, 2.05) is 36.4 Å². The number of amides is 1. The molecule has 5 heteroatoms. The summed E-state index contributed by atoms with van der Waals surface area (Å²) in [4.78, 5) is 23.2. The van der Waals surface area contributed by atoms with Gasteiger partial charge in [-0.05, 0) is 37.1 Å². The van der Waals surface area contributed by atoms with Crippen LogP contribution in [0.5, 0.6) is 0 Å². The van der Waals surface area contributed by atoms with Crippen molar-refractivity contribution in [3.05, 3.63) is 48.0 Å². The first kappa shape index (κ1) is 16.8. The van der Waals surface area contributed by atoms with Crippen LogP contribution in [0.25, 0.3) is 10.8 Å². The monoisotopic (exact) mass is 315 g/mol. The molecule has 23 heavy (non-hydrogen) atoms. The van der Waals surface area contributed by atoms with Crippen LogP contribution >= 0.6 is 0 Å². The van der Waals surface area contributed by atoms with Crippen molar-refractivity contribution < 1.29 is 19.4 Å². The lowest BCUT2D eigenvalue weighted by molar-refractivity contribution is -0.138. The number of nitrogens with one attached hydrogen (secondary N) is 1. The van der Waals surface area contributed by atoms with Crippen molar-refractivity contribution >= 4 is 22.8 Å². The molecular formula is C18H21NO4. The molecule has 2 N–H and O–H groups in total. The maximum absolute atomic E-state index is 11.7. The highest BCUT2D eigenvalue weighted by Gasteiger charge is 2.23. The molecule has 0 saturated heterocycles. The normalized spacial score (nSPS) is 12.7. The number of benzene rings is 2. The Hall–Kier alpha value is -2.56. The minimum atomic E-state index is -0.990. The highest BCUT2D eigenvalue weighted by molar-refractivity contribution is 5.85. The fraction of sp³-hybridized carbons (Fsp3) is 0.333. The third-order valence-corrected chi connectivity index (χ3v) is 3.32. The van der Waals surface area contributed by atoms with Crippen LogP contribution in [0.3, 0.4) is 0 Å². The first-order valence-electron chi connectivity index (χ1n) is 7.44. The lowest BCUT2D eigenvalue weighted by Gasteiger charge is -2.21. The molecule has 1 atom stereocenters. The number of ether oxygens (including phenoxy) is 1. The van der Waals surface area contributed by atoms with Gasteiger partial charge in [0, 0.05) is 6.54 Å². The van der Waals surface area contributed by atoms with Crippen molar-refractivity contribution in [3.8, 4) is 0 Å². The quantitative estimate of drug-likeness (QED) is 0.905. The number of hydrogen-bond acceptors (Lipinski definition) is 3. The second kappa shape index (κ2) is 6.69. The van der Waals surface area contributed by atoms with Gasteiger partial charge in [-0.3, -0.25) is 4.79 Å². The van der Waals surface area contributed by atoms with E-state index < -0.39 is 23.6 Å². The molecule has 2 rings (SSSR count). The van der Waals surface area contributed by atoms with E-state index in [4.69, 9.17) is 4.74 Å². The number of carboxylic acids is 1. The van der Waals surface area contributed by atoms with Gasteiger partial charge in [0.2, 0.25) is 0 Å². The Balaban J connectivity index is 2.14. The Bertz CT molecular complexity index is 718. The molecule has 2 aromatic rings. The minimum Gasteiger partial charge on any atom is -0.481 e. The predicted molar refractivity (Wildman–Crippen MR) is 88.6 cm³/mol. The summed E-state index contributed by atoms with van der Waals surface area (Å²) in [5.74, 6) is -1.82. The summed E-state index contributed by atoms with van der Waals surface area (Å²) in [5, 5.41) is 14.0. The van der Waals surface area contributed by atoms with Crippen LogP contribution in [-0.2, 0) is 9.53 Å². The number of carbonyl (C=O) groups is 2. The number of carbonyl (C=O) groups excluding carboxylic acids is 1. The van der Waals surface area contributed by atoms with Gasteiger partial charge < -0.3 is 15.2 Å². The predicted octanol–water partition coefficient (Wildman–Crippen LogP) is 3.53. The highest BCUT2D eigenvalue weighted by Crippen LogP contribution is 2.22. The number of carboxylic acid groups (broad SMARTS) is 1. The number of aliphatic carboxylic acids is 1. The maximum atomic E-state index is 11.7. The molecule has 0 saturated carbocycles. The third-order valence-electron chi connectivity index (χ3n) is 3.32. The Morgan fingerprint density at radius 1 is 1.13 bits per heavy atom. The van der Waals surface area contributed by atoms with Crippen molar-refractivity contribution in [2.45, 2.75) is 32.3 Å². The van der Waals surface area contributed by atoms with E-state index in [2.05, 4.69) is 5.32 Å². The number of fused-ring (bicyclic) bond motifs is 1. The van der Waals surface area contributed by atoms with E-state index >= 15 is 0 Å². The second-order valence-corrected chi connectivity index (χ2v) is 6.38. The molecule has 0 aliphatic rings. The molecule has 0 bridgehead atoms. The molecule has 1 unspecified atom stereocenters. The average Bonchev–Trinajstić information content (AvgIpc) is 2.45. The zero-order valence-electron chi connectivity index (χ0n) is 13.5. The molecule has 122 valence electrons. The largest absolute Gasteiger partial charge is 0.481 e. The van der Waals surface area contributed by atoms with Gasteiger partial charge in [0.25, 0.3) is 0 Å². The smallest absolute Gasteiger partial charge is 0.407 e. The first-order valence-corrected chi connectivity index (χ1v) is 7.44. The number of rotatable bonds is 4.